The maximum atomic E-state index is 11.4. The van der Waals surface area contributed by atoms with Crippen molar-refractivity contribution in [1.29, 1.82) is 0 Å². The normalized spacial score (nSPS) is 26.2. The zero-order chi connectivity index (χ0) is 13.5. The number of rotatable bonds is 2. The number of anilines is 1. The topological polar surface area (TPSA) is 66.4 Å². The molecule has 2 rings (SSSR count). The molecule has 0 bridgehead atoms. The van der Waals surface area contributed by atoms with Crippen LogP contribution in [-0.2, 0) is 9.84 Å². The molecule has 1 saturated heterocycles. The second-order valence-corrected chi connectivity index (χ2v) is 7.52. The van der Waals surface area contributed by atoms with E-state index in [2.05, 4.69) is 5.32 Å². The molecular weight excluding hydrogens is 321 g/mol. The predicted molar refractivity (Wildman–Crippen MR) is 73.5 cm³/mol. The van der Waals surface area contributed by atoms with Crippen LogP contribution in [-0.4, -0.2) is 37.2 Å². The van der Waals surface area contributed by atoms with E-state index in [4.69, 9.17) is 34.8 Å². The highest BCUT2D eigenvalue weighted by atomic mass is 35.5. The van der Waals surface area contributed by atoms with Crippen LogP contribution in [0.15, 0.2) is 12.1 Å². The summed E-state index contributed by atoms with van der Waals surface area (Å²) in [6.07, 6.45) is -0.958. The molecule has 1 aromatic rings. The third-order valence-electron chi connectivity index (χ3n) is 2.67. The molecule has 1 aromatic carbocycles. The summed E-state index contributed by atoms with van der Waals surface area (Å²) >= 11 is 17.6. The van der Waals surface area contributed by atoms with Crippen LogP contribution < -0.4 is 5.32 Å². The highest BCUT2D eigenvalue weighted by Crippen LogP contribution is 2.33. The molecule has 2 atom stereocenters. The van der Waals surface area contributed by atoms with Gasteiger partial charge in [-0.05, 0) is 12.1 Å². The molecule has 0 saturated carbocycles. The van der Waals surface area contributed by atoms with Crippen molar-refractivity contribution in [2.75, 3.05) is 16.8 Å². The first kappa shape index (κ1) is 14.2. The molecule has 0 aliphatic carbocycles. The van der Waals surface area contributed by atoms with E-state index in [1.807, 2.05) is 0 Å². The molecule has 18 heavy (non-hydrogen) atoms. The Hall–Kier alpha value is -0.200. The monoisotopic (exact) mass is 329 g/mol. The van der Waals surface area contributed by atoms with Crippen molar-refractivity contribution in [2.45, 2.75) is 12.1 Å². The molecule has 1 heterocycles. The van der Waals surface area contributed by atoms with E-state index >= 15 is 0 Å². The summed E-state index contributed by atoms with van der Waals surface area (Å²) in [5.74, 6) is -0.381. The summed E-state index contributed by atoms with van der Waals surface area (Å²) in [7, 11) is -3.21. The number of sulfone groups is 1. The van der Waals surface area contributed by atoms with E-state index in [-0.39, 0.29) is 11.5 Å². The molecule has 0 unspecified atom stereocenters. The zero-order valence-corrected chi connectivity index (χ0v) is 12.1. The van der Waals surface area contributed by atoms with E-state index in [9.17, 15) is 13.5 Å². The fraction of sp³-hybridized carbons (Fsp3) is 0.400. The molecule has 1 aliphatic heterocycles. The Morgan fingerprint density at radius 2 is 1.72 bits per heavy atom. The summed E-state index contributed by atoms with van der Waals surface area (Å²) in [5.41, 5.74) is 0.451. The molecular formula is C10H10Cl3NO3S. The quantitative estimate of drug-likeness (QED) is 0.816. The van der Waals surface area contributed by atoms with Gasteiger partial charge in [0.1, 0.15) is 0 Å². The van der Waals surface area contributed by atoms with Crippen molar-refractivity contribution in [3.63, 3.8) is 0 Å². The third-order valence-corrected chi connectivity index (χ3v) is 5.42. The average molecular weight is 331 g/mol. The van der Waals surface area contributed by atoms with Gasteiger partial charge in [-0.1, -0.05) is 34.8 Å². The first-order valence-electron chi connectivity index (χ1n) is 5.08. The second kappa shape index (κ2) is 5.06. The highest BCUT2D eigenvalue weighted by molar-refractivity contribution is 7.91. The minimum atomic E-state index is -3.21. The number of aliphatic hydroxyl groups is 1. The molecule has 4 nitrogen and oxygen atoms in total. The molecule has 8 heteroatoms. The van der Waals surface area contributed by atoms with Crippen molar-refractivity contribution >= 4 is 50.3 Å². The van der Waals surface area contributed by atoms with Gasteiger partial charge >= 0.3 is 0 Å². The maximum Gasteiger partial charge on any atom is 0.155 e. The summed E-state index contributed by atoms with van der Waals surface area (Å²) in [6, 6.07) is 2.37. The van der Waals surface area contributed by atoms with E-state index < -0.39 is 22.0 Å². The Morgan fingerprint density at radius 3 is 2.28 bits per heavy atom. The van der Waals surface area contributed by atoms with Gasteiger partial charge in [0.2, 0.25) is 0 Å². The highest BCUT2D eigenvalue weighted by Gasteiger charge is 2.36. The summed E-state index contributed by atoms with van der Waals surface area (Å²) in [5, 5.41) is 13.5. The molecule has 0 aromatic heterocycles. The van der Waals surface area contributed by atoms with Crippen LogP contribution in [0.5, 0.6) is 0 Å². The number of halogens is 3. The van der Waals surface area contributed by atoms with Gasteiger partial charge in [0.25, 0.3) is 0 Å². The lowest BCUT2D eigenvalue weighted by atomic mass is 10.2. The van der Waals surface area contributed by atoms with Crippen LogP contribution in [0.2, 0.25) is 15.1 Å². The molecule has 0 spiro atoms. The third kappa shape index (κ3) is 3.03. The minimum absolute atomic E-state index is 0.134. The van der Waals surface area contributed by atoms with Crippen LogP contribution in [0.4, 0.5) is 5.69 Å². The van der Waals surface area contributed by atoms with Gasteiger partial charge in [-0.3, -0.25) is 0 Å². The molecule has 2 N–H and O–H groups in total. The first-order valence-corrected chi connectivity index (χ1v) is 8.03. The number of nitrogens with one attached hydrogen (secondary N) is 1. The van der Waals surface area contributed by atoms with Gasteiger partial charge in [0.05, 0.1) is 44.4 Å². The number of hydrogen-bond donors (Lipinski definition) is 2. The van der Waals surface area contributed by atoms with Crippen LogP contribution >= 0.6 is 34.8 Å². The lowest BCUT2D eigenvalue weighted by Gasteiger charge is -2.17. The average Bonchev–Trinajstić information content (AvgIpc) is 2.48. The predicted octanol–water partition coefficient (Wildman–Crippen LogP) is 2.22. The van der Waals surface area contributed by atoms with E-state index in [1.165, 1.54) is 12.1 Å². The van der Waals surface area contributed by atoms with Gasteiger partial charge in [0.15, 0.2) is 9.84 Å². The number of benzene rings is 1. The molecule has 1 fully saturated rings. The lowest BCUT2D eigenvalue weighted by Crippen LogP contribution is -2.31. The van der Waals surface area contributed by atoms with Gasteiger partial charge in [0, 0.05) is 0 Å². The molecule has 100 valence electrons. The van der Waals surface area contributed by atoms with E-state index in [1.54, 1.807) is 0 Å². The SMILES string of the molecule is O=S1(=O)C[C@H](Nc2cc(Cl)c(Cl)cc2Cl)[C@@H](O)C1. The van der Waals surface area contributed by atoms with Crippen LogP contribution in [0, 0.1) is 0 Å². The van der Waals surface area contributed by atoms with E-state index in [0.717, 1.165) is 0 Å². The van der Waals surface area contributed by atoms with Crippen LogP contribution in [0.25, 0.3) is 0 Å². The van der Waals surface area contributed by atoms with Crippen molar-refractivity contribution in [2.24, 2.45) is 0 Å². The zero-order valence-electron chi connectivity index (χ0n) is 9.03. The minimum Gasteiger partial charge on any atom is -0.390 e. The Bertz CT molecular complexity index is 576. The van der Waals surface area contributed by atoms with E-state index in [0.29, 0.717) is 20.8 Å². The fourth-order valence-electron chi connectivity index (χ4n) is 1.80. The van der Waals surface area contributed by atoms with Crippen molar-refractivity contribution in [3.8, 4) is 0 Å². The van der Waals surface area contributed by atoms with Crippen LogP contribution in [0.1, 0.15) is 0 Å². The molecule has 1 aliphatic rings. The van der Waals surface area contributed by atoms with Gasteiger partial charge in [-0.15, -0.1) is 0 Å². The van der Waals surface area contributed by atoms with Crippen molar-refractivity contribution < 1.29 is 13.5 Å². The fourth-order valence-corrected chi connectivity index (χ4v) is 4.14. The number of hydrogen-bond acceptors (Lipinski definition) is 4. The van der Waals surface area contributed by atoms with Crippen molar-refractivity contribution in [1.82, 2.24) is 0 Å². The van der Waals surface area contributed by atoms with Crippen molar-refractivity contribution in [3.05, 3.63) is 27.2 Å². The van der Waals surface area contributed by atoms with Gasteiger partial charge in [-0.25, -0.2) is 8.42 Å². The summed E-state index contributed by atoms with van der Waals surface area (Å²) < 4.78 is 22.7. The smallest absolute Gasteiger partial charge is 0.155 e. The molecule has 0 amide bonds. The Labute approximate surface area is 120 Å². The molecule has 0 radical (unpaired) electrons. The standard InChI is InChI=1S/C10H10Cl3NO3S/c11-5-1-7(13)8(2-6(5)12)14-9-3-18(16,17)4-10(9)15/h1-2,9-10,14-15H,3-4H2/t9-,10-/m0/s1. The van der Waals surface area contributed by atoms with Crippen LogP contribution in [0.3, 0.4) is 0 Å². The number of aliphatic hydroxyl groups excluding tert-OH is 1. The Kier molecular flexibility index (Phi) is 3.99. The maximum absolute atomic E-state index is 11.4. The Balaban J connectivity index is 2.23. The first-order chi connectivity index (χ1) is 8.28. The lowest BCUT2D eigenvalue weighted by molar-refractivity contribution is 0.190. The summed E-state index contributed by atoms with van der Waals surface area (Å²) in [4.78, 5) is 0. The Morgan fingerprint density at radius 1 is 1.11 bits per heavy atom. The van der Waals surface area contributed by atoms with Gasteiger partial charge in [-0.2, -0.15) is 0 Å². The largest absolute Gasteiger partial charge is 0.390 e. The second-order valence-electron chi connectivity index (χ2n) is 4.14. The van der Waals surface area contributed by atoms with Gasteiger partial charge < -0.3 is 10.4 Å². The summed E-state index contributed by atoms with van der Waals surface area (Å²) in [6.45, 7) is 0.